The van der Waals surface area contributed by atoms with Gasteiger partial charge in [0.2, 0.25) is 5.91 Å². The van der Waals surface area contributed by atoms with Crippen LogP contribution in [0.15, 0.2) is 48.5 Å². The van der Waals surface area contributed by atoms with Crippen molar-refractivity contribution in [1.29, 1.82) is 0 Å². The summed E-state index contributed by atoms with van der Waals surface area (Å²) in [6.45, 7) is 4.15. The number of nitrogens with zero attached hydrogens (tertiary/aromatic N) is 1. The molecule has 0 fully saturated rings. The van der Waals surface area contributed by atoms with Gasteiger partial charge < -0.3 is 10.2 Å². The zero-order chi connectivity index (χ0) is 17.7. The Kier molecular flexibility index (Phi) is 6.35. The van der Waals surface area contributed by atoms with Gasteiger partial charge in [-0.15, -0.1) is 0 Å². The number of hydrogen-bond donors (Lipinski definition) is 1. The minimum Gasteiger partial charge on any atom is -0.338 e. The molecule has 1 N–H and O–H groups in total. The molecule has 5 heteroatoms. The molecule has 24 heavy (non-hydrogen) atoms. The van der Waals surface area contributed by atoms with Crippen molar-refractivity contribution in [2.75, 3.05) is 13.6 Å². The predicted molar refractivity (Wildman–Crippen MR) is 95.5 cm³/mol. The first-order valence-electron chi connectivity index (χ1n) is 7.88. The Morgan fingerprint density at radius 3 is 2.21 bits per heavy atom. The minimum absolute atomic E-state index is 0.0207. The van der Waals surface area contributed by atoms with E-state index in [0.717, 1.165) is 11.1 Å². The third-order valence-corrected chi connectivity index (χ3v) is 4.51. The molecule has 0 aliphatic carbocycles. The monoisotopic (exact) mass is 348 g/mol. The van der Waals surface area contributed by atoms with Crippen LogP contribution in [0.5, 0.6) is 0 Å². The molecule has 3 nitrogen and oxygen atoms in total. The molecule has 0 aliphatic rings. The number of hydrogen-bond acceptors (Lipinski definition) is 2. The molecule has 0 saturated carbocycles. The molecule has 2 aromatic carbocycles. The summed E-state index contributed by atoms with van der Waals surface area (Å²) in [5.74, 6) is -0.300. The van der Waals surface area contributed by atoms with Crippen LogP contribution in [0.1, 0.15) is 37.1 Å². The summed E-state index contributed by atoms with van der Waals surface area (Å²) in [4.78, 5) is 14.0. The van der Waals surface area contributed by atoms with Crippen LogP contribution >= 0.6 is 11.6 Å². The summed E-state index contributed by atoms with van der Waals surface area (Å²) in [5.41, 5.74) is 1.97. The number of carbonyl (C=O) groups excluding carboxylic acids is 1. The first-order valence-corrected chi connectivity index (χ1v) is 8.26. The van der Waals surface area contributed by atoms with Crippen molar-refractivity contribution in [1.82, 2.24) is 10.2 Å². The fourth-order valence-corrected chi connectivity index (χ4v) is 2.54. The van der Waals surface area contributed by atoms with E-state index in [1.54, 1.807) is 24.1 Å². The topological polar surface area (TPSA) is 32.3 Å². The van der Waals surface area contributed by atoms with Gasteiger partial charge >= 0.3 is 0 Å². The lowest BCUT2D eigenvalue weighted by Crippen LogP contribution is -2.37. The number of rotatable bonds is 6. The van der Waals surface area contributed by atoms with Gasteiger partial charge in [0.25, 0.3) is 0 Å². The highest BCUT2D eigenvalue weighted by atomic mass is 35.5. The van der Waals surface area contributed by atoms with Gasteiger partial charge in [-0.3, -0.25) is 4.79 Å². The van der Waals surface area contributed by atoms with E-state index in [4.69, 9.17) is 11.6 Å². The molecular weight excluding hydrogens is 327 g/mol. The van der Waals surface area contributed by atoms with Crippen LogP contribution in [0.2, 0.25) is 5.02 Å². The van der Waals surface area contributed by atoms with Crippen LogP contribution in [0.4, 0.5) is 4.39 Å². The molecule has 0 bridgehead atoms. The molecule has 0 aliphatic heterocycles. The summed E-state index contributed by atoms with van der Waals surface area (Å²) < 4.78 is 13.0. The van der Waals surface area contributed by atoms with Gasteiger partial charge in [0.05, 0.1) is 12.6 Å². The second-order valence-corrected chi connectivity index (χ2v) is 6.32. The van der Waals surface area contributed by atoms with Crippen molar-refractivity contribution in [2.45, 2.75) is 25.9 Å². The highest BCUT2D eigenvalue weighted by molar-refractivity contribution is 6.30. The van der Waals surface area contributed by atoms with Crippen molar-refractivity contribution in [2.24, 2.45) is 0 Å². The summed E-state index contributed by atoms with van der Waals surface area (Å²) >= 11 is 5.88. The van der Waals surface area contributed by atoms with E-state index in [1.165, 1.54) is 12.1 Å². The highest BCUT2D eigenvalue weighted by Gasteiger charge is 2.18. The normalized spacial score (nSPS) is 13.4. The summed E-state index contributed by atoms with van der Waals surface area (Å²) in [6.07, 6.45) is 0. The number of benzene rings is 2. The SMILES string of the molecule is CC(NCC(=O)N(C)C(C)c1ccc(F)cc1)c1ccc(Cl)cc1. The van der Waals surface area contributed by atoms with Crippen LogP contribution in [-0.2, 0) is 4.79 Å². The number of likely N-dealkylation sites (N-methyl/N-ethyl adjacent to an activating group) is 1. The van der Waals surface area contributed by atoms with Crippen LogP contribution in [0.3, 0.4) is 0 Å². The van der Waals surface area contributed by atoms with Gasteiger partial charge in [-0.05, 0) is 49.2 Å². The molecule has 2 atom stereocenters. The second-order valence-electron chi connectivity index (χ2n) is 5.89. The average molecular weight is 349 g/mol. The van der Waals surface area contributed by atoms with E-state index in [-0.39, 0.29) is 30.4 Å². The fourth-order valence-electron chi connectivity index (χ4n) is 2.42. The van der Waals surface area contributed by atoms with E-state index >= 15 is 0 Å². The Morgan fingerprint density at radius 1 is 1.08 bits per heavy atom. The standard InChI is InChI=1S/C19H22ClFN2O/c1-13(15-4-8-17(20)9-5-15)22-12-19(24)23(3)14(2)16-6-10-18(21)11-7-16/h4-11,13-14,22H,12H2,1-3H3. The van der Waals surface area contributed by atoms with Crippen LogP contribution in [0, 0.1) is 5.82 Å². The third-order valence-electron chi connectivity index (χ3n) is 4.26. The quantitative estimate of drug-likeness (QED) is 0.841. The van der Waals surface area contributed by atoms with Crippen molar-refractivity contribution < 1.29 is 9.18 Å². The zero-order valence-corrected chi connectivity index (χ0v) is 14.8. The number of nitrogens with one attached hydrogen (secondary N) is 1. The molecule has 0 radical (unpaired) electrons. The van der Waals surface area contributed by atoms with Crippen LogP contribution < -0.4 is 5.32 Å². The Hall–Kier alpha value is -1.91. The van der Waals surface area contributed by atoms with Crippen LogP contribution in [0.25, 0.3) is 0 Å². The Bertz CT molecular complexity index is 673. The van der Waals surface area contributed by atoms with E-state index in [9.17, 15) is 9.18 Å². The van der Waals surface area contributed by atoms with E-state index in [0.29, 0.717) is 5.02 Å². The maximum Gasteiger partial charge on any atom is 0.236 e. The van der Waals surface area contributed by atoms with Gasteiger partial charge in [0.15, 0.2) is 0 Å². The summed E-state index contributed by atoms with van der Waals surface area (Å²) in [7, 11) is 1.75. The summed E-state index contributed by atoms with van der Waals surface area (Å²) in [6, 6.07) is 13.7. The number of halogens is 2. The third kappa shape index (κ3) is 4.79. The Balaban J connectivity index is 1.91. The molecule has 128 valence electrons. The van der Waals surface area contributed by atoms with Crippen molar-refractivity contribution in [3.05, 3.63) is 70.5 Å². The molecule has 0 saturated heterocycles. The Labute approximate surface area is 147 Å². The first-order chi connectivity index (χ1) is 11.4. The second kappa shape index (κ2) is 8.27. The number of carbonyl (C=O) groups is 1. The highest BCUT2D eigenvalue weighted by Crippen LogP contribution is 2.19. The lowest BCUT2D eigenvalue weighted by molar-refractivity contribution is -0.131. The van der Waals surface area contributed by atoms with Gasteiger partial charge in [0, 0.05) is 18.1 Å². The van der Waals surface area contributed by atoms with E-state index < -0.39 is 0 Å². The average Bonchev–Trinajstić information content (AvgIpc) is 2.59. The summed E-state index contributed by atoms with van der Waals surface area (Å²) in [5, 5.41) is 3.91. The van der Waals surface area contributed by atoms with Gasteiger partial charge in [-0.25, -0.2) is 4.39 Å². The van der Waals surface area contributed by atoms with Crippen molar-refractivity contribution >= 4 is 17.5 Å². The molecule has 2 rings (SSSR count). The van der Waals surface area contributed by atoms with E-state index in [1.807, 2.05) is 38.1 Å². The molecule has 2 aromatic rings. The zero-order valence-electron chi connectivity index (χ0n) is 14.1. The van der Waals surface area contributed by atoms with Crippen LogP contribution in [-0.4, -0.2) is 24.4 Å². The lowest BCUT2D eigenvalue weighted by atomic mass is 10.1. The molecule has 1 amide bonds. The van der Waals surface area contributed by atoms with Gasteiger partial charge in [-0.1, -0.05) is 35.9 Å². The first kappa shape index (κ1) is 18.4. The number of amides is 1. The molecule has 0 heterocycles. The fraction of sp³-hybridized carbons (Fsp3) is 0.316. The van der Waals surface area contributed by atoms with Crippen molar-refractivity contribution in [3.8, 4) is 0 Å². The van der Waals surface area contributed by atoms with Crippen molar-refractivity contribution in [3.63, 3.8) is 0 Å². The molecule has 0 aromatic heterocycles. The smallest absolute Gasteiger partial charge is 0.236 e. The Morgan fingerprint density at radius 2 is 1.62 bits per heavy atom. The van der Waals surface area contributed by atoms with E-state index in [2.05, 4.69) is 5.32 Å². The molecular formula is C19H22ClFN2O. The largest absolute Gasteiger partial charge is 0.338 e. The maximum atomic E-state index is 13.0. The van der Waals surface area contributed by atoms with Gasteiger partial charge in [0.1, 0.15) is 5.82 Å². The van der Waals surface area contributed by atoms with Gasteiger partial charge in [-0.2, -0.15) is 0 Å². The molecule has 2 unspecified atom stereocenters. The lowest BCUT2D eigenvalue weighted by Gasteiger charge is -2.26. The molecule has 0 spiro atoms. The maximum absolute atomic E-state index is 13.0. The predicted octanol–water partition coefficient (Wildman–Crippen LogP) is 4.35. The minimum atomic E-state index is -0.279.